The minimum absolute atomic E-state index is 0.205. The van der Waals surface area contributed by atoms with Crippen LogP contribution in [-0.2, 0) is 10.0 Å². The monoisotopic (exact) mass is 300 g/mol. The lowest BCUT2D eigenvalue weighted by molar-refractivity contribution is 0.305. The van der Waals surface area contributed by atoms with Gasteiger partial charge in [0.2, 0.25) is 10.0 Å². The largest absolute Gasteiger partial charge is 0.243 e. The number of rotatable bonds is 2. The van der Waals surface area contributed by atoms with Gasteiger partial charge >= 0.3 is 0 Å². The van der Waals surface area contributed by atoms with E-state index in [9.17, 15) is 8.42 Å². The second-order valence-electron chi connectivity index (χ2n) is 5.31. The van der Waals surface area contributed by atoms with E-state index >= 15 is 0 Å². The molecule has 1 aliphatic heterocycles. The lowest BCUT2D eigenvalue weighted by Crippen LogP contribution is -2.39. The summed E-state index contributed by atoms with van der Waals surface area (Å²) in [5, 5.41) is 10.7. The van der Waals surface area contributed by atoms with Gasteiger partial charge in [-0.2, -0.15) is 9.57 Å². The van der Waals surface area contributed by atoms with E-state index in [-0.39, 0.29) is 5.92 Å². The maximum atomic E-state index is 12.9. The lowest BCUT2D eigenvalue weighted by atomic mass is 10.0. The van der Waals surface area contributed by atoms with Gasteiger partial charge in [-0.05, 0) is 24.3 Å². The second kappa shape index (κ2) is 5.47. The topological polar surface area (TPSA) is 61.2 Å². The van der Waals surface area contributed by atoms with Crippen LogP contribution in [0, 0.1) is 17.2 Å². The van der Waals surface area contributed by atoms with Crippen molar-refractivity contribution in [1.29, 1.82) is 5.26 Å². The molecule has 3 rings (SSSR count). The van der Waals surface area contributed by atoms with Crippen LogP contribution < -0.4 is 0 Å². The molecule has 0 bridgehead atoms. The zero-order chi connectivity index (χ0) is 14.9. The Morgan fingerprint density at radius 1 is 1.14 bits per heavy atom. The van der Waals surface area contributed by atoms with Crippen molar-refractivity contribution in [3.8, 4) is 6.07 Å². The molecule has 2 aromatic rings. The van der Waals surface area contributed by atoms with E-state index in [1.165, 1.54) is 4.31 Å². The van der Waals surface area contributed by atoms with Gasteiger partial charge < -0.3 is 0 Å². The molecule has 1 aliphatic rings. The number of benzene rings is 2. The number of nitrogens with zero attached hydrogens (tertiary/aromatic N) is 2. The van der Waals surface area contributed by atoms with E-state index in [0.29, 0.717) is 18.0 Å². The first-order valence-electron chi connectivity index (χ1n) is 7.00. The van der Waals surface area contributed by atoms with Gasteiger partial charge in [-0.15, -0.1) is 0 Å². The number of fused-ring (bicyclic) bond motifs is 1. The highest BCUT2D eigenvalue weighted by Gasteiger charge is 2.31. The smallest absolute Gasteiger partial charge is 0.207 e. The summed E-state index contributed by atoms with van der Waals surface area (Å²) in [5.74, 6) is -0.205. The molecule has 21 heavy (non-hydrogen) atoms. The summed E-state index contributed by atoms with van der Waals surface area (Å²) in [7, 11) is -3.55. The number of piperidine rings is 1. The third kappa shape index (κ3) is 2.53. The van der Waals surface area contributed by atoms with E-state index in [4.69, 9.17) is 5.26 Å². The second-order valence-corrected chi connectivity index (χ2v) is 7.21. The summed E-state index contributed by atoms with van der Waals surface area (Å²) < 4.78 is 27.2. The molecule has 1 saturated heterocycles. The zero-order valence-corrected chi connectivity index (χ0v) is 12.4. The summed E-state index contributed by atoms with van der Waals surface area (Å²) >= 11 is 0. The first-order chi connectivity index (χ1) is 10.1. The minimum Gasteiger partial charge on any atom is -0.207 e. The highest BCUT2D eigenvalue weighted by atomic mass is 32.2. The van der Waals surface area contributed by atoms with Crippen molar-refractivity contribution in [1.82, 2.24) is 4.31 Å². The zero-order valence-electron chi connectivity index (χ0n) is 11.6. The Kier molecular flexibility index (Phi) is 3.66. The Morgan fingerprint density at radius 2 is 1.90 bits per heavy atom. The summed E-state index contributed by atoms with van der Waals surface area (Å²) in [6.07, 6.45) is 1.51. The summed E-state index contributed by atoms with van der Waals surface area (Å²) in [6.45, 7) is 0.784. The number of sulfonamides is 1. The van der Waals surface area contributed by atoms with Crippen molar-refractivity contribution in [2.45, 2.75) is 17.7 Å². The first-order valence-corrected chi connectivity index (χ1v) is 8.44. The minimum atomic E-state index is -3.55. The van der Waals surface area contributed by atoms with Crippen LogP contribution in [0.3, 0.4) is 0 Å². The average Bonchev–Trinajstić information content (AvgIpc) is 2.54. The SMILES string of the molecule is N#CC1CCCN(S(=O)(=O)c2cccc3ccccc23)C1. The van der Waals surface area contributed by atoms with Gasteiger partial charge in [0.15, 0.2) is 0 Å². The first kappa shape index (κ1) is 14.1. The van der Waals surface area contributed by atoms with E-state index in [0.717, 1.165) is 23.6 Å². The van der Waals surface area contributed by atoms with E-state index in [1.54, 1.807) is 12.1 Å². The van der Waals surface area contributed by atoms with Gasteiger partial charge in [0.1, 0.15) is 0 Å². The lowest BCUT2D eigenvalue weighted by Gasteiger charge is -2.29. The standard InChI is InChI=1S/C16H16N2O2S/c17-11-13-5-4-10-18(12-13)21(19,20)16-9-3-7-14-6-1-2-8-15(14)16/h1-3,6-9,13H,4-5,10,12H2. The van der Waals surface area contributed by atoms with Crippen LogP contribution in [0.5, 0.6) is 0 Å². The fraction of sp³-hybridized carbons (Fsp3) is 0.312. The molecule has 0 N–H and O–H groups in total. The van der Waals surface area contributed by atoms with Crippen LogP contribution in [0.2, 0.25) is 0 Å². The molecule has 5 heteroatoms. The fourth-order valence-electron chi connectivity index (χ4n) is 2.83. The van der Waals surface area contributed by atoms with Crippen LogP contribution in [0.4, 0.5) is 0 Å². The Morgan fingerprint density at radius 3 is 2.71 bits per heavy atom. The molecule has 0 aliphatic carbocycles. The van der Waals surface area contributed by atoms with Crippen LogP contribution in [0.25, 0.3) is 10.8 Å². The number of nitriles is 1. The van der Waals surface area contributed by atoms with E-state index < -0.39 is 10.0 Å². The van der Waals surface area contributed by atoms with Crippen LogP contribution >= 0.6 is 0 Å². The molecule has 4 nitrogen and oxygen atoms in total. The van der Waals surface area contributed by atoms with Crippen molar-refractivity contribution in [2.24, 2.45) is 5.92 Å². The molecule has 1 heterocycles. The molecule has 1 fully saturated rings. The van der Waals surface area contributed by atoms with Crippen LogP contribution in [0.1, 0.15) is 12.8 Å². The van der Waals surface area contributed by atoms with E-state index in [1.807, 2.05) is 30.3 Å². The molecule has 1 atom stereocenters. The average molecular weight is 300 g/mol. The molecule has 0 saturated carbocycles. The van der Waals surface area contributed by atoms with Gasteiger partial charge in [-0.1, -0.05) is 36.4 Å². The quantitative estimate of drug-likeness (QED) is 0.856. The highest BCUT2D eigenvalue weighted by Crippen LogP contribution is 2.28. The molecule has 0 radical (unpaired) electrons. The van der Waals surface area contributed by atoms with Crippen LogP contribution in [-0.4, -0.2) is 25.8 Å². The van der Waals surface area contributed by atoms with Gasteiger partial charge in [-0.3, -0.25) is 0 Å². The van der Waals surface area contributed by atoms with E-state index in [2.05, 4.69) is 6.07 Å². The molecule has 108 valence electrons. The molecule has 0 spiro atoms. The third-order valence-electron chi connectivity index (χ3n) is 3.93. The van der Waals surface area contributed by atoms with Crippen molar-refractivity contribution >= 4 is 20.8 Å². The highest BCUT2D eigenvalue weighted by molar-refractivity contribution is 7.89. The molecule has 2 aromatic carbocycles. The number of hydrogen-bond acceptors (Lipinski definition) is 3. The fourth-order valence-corrected chi connectivity index (χ4v) is 4.56. The van der Waals surface area contributed by atoms with Crippen molar-refractivity contribution in [2.75, 3.05) is 13.1 Å². The van der Waals surface area contributed by atoms with Gasteiger partial charge in [0.25, 0.3) is 0 Å². The Labute approximate surface area is 124 Å². The molecule has 0 aromatic heterocycles. The van der Waals surface area contributed by atoms with Crippen molar-refractivity contribution < 1.29 is 8.42 Å². The predicted octanol–water partition coefficient (Wildman–Crippen LogP) is 2.76. The molecular weight excluding hydrogens is 284 g/mol. The van der Waals surface area contributed by atoms with Crippen LogP contribution in [0.15, 0.2) is 47.4 Å². The molecule has 1 unspecified atom stereocenters. The Hall–Kier alpha value is -1.90. The third-order valence-corrected chi connectivity index (χ3v) is 5.86. The normalized spacial score (nSPS) is 20.2. The molecule has 0 amide bonds. The predicted molar refractivity (Wildman–Crippen MR) is 81.0 cm³/mol. The van der Waals surface area contributed by atoms with Gasteiger partial charge in [0, 0.05) is 18.5 Å². The van der Waals surface area contributed by atoms with Gasteiger partial charge in [0.05, 0.1) is 16.9 Å². The van der Waals surface area contributed by atoms with Crippen molar-refractivity contribution in [3.05, 3.63) is 42.5 Å². The summed E-state index contributed by atoms with van der Waals surface area (Å²) in [5.41, 5.74) is 0. The molecular formula is C16H16N2O2S. The Bertz CT molecular complexity index is 803. The maximum Gasteiger partial charge on any atom is 0.243 e. The Balaban J connectivity index is 2.07. The summed E-state index contributed by atoms with van der Waals surface area (Å²) in [4.78, 5) is 0.333. The maximum absolute atomic E-state index is 12.9. The van der Waals surface area contributed by atoms with Gasteiger partial charge in [-0.25, -0.2) is 8.42 Å². The summed E-state index contributed by atoms with van der Waals surface area (Å²) in [6, 6.07) is 15.0. The number of hydrogen-bond donors (Lipinski definition) is 0. The van der Waals surface area contributed by atoms with Crippen molar-refractivity contribution in [3.63, 3.8) is 0 Å².